The summed E-state index contributed by atoms with van der Waals surface area (Å²) in [6, 6.07) is 0. The van der Waals surface area contributed by atoms with Crippen LogP contribution in [0.5, 0.6) is 0 Å². The summed E-state index contributed by atoms with van der Waals surface area (Å²) in [5.74, 6) is 0.756. The average molecular weight is 190 g/mol. The fourth-order valence-electron chi connectivity index (χ4n) is 1.02. The summed E-state index contributed by atoms with van der Waals surface area (Å²) in [6.45, 7) is 17.4. The van der Waals surface area contributed by atoms with E-state index in [2.05, 4.69) is 20.8 Å². The van der Waals surface area contributed by atoms with Crippen LogP contribution in [0, 0.1) is 5.92 Å². The summed E-state index contributed by atoms with van der Waals surface area (Å²) in [6.07, 6.45) is 1.61. The molecule has 0 amide bonds. The maximum absolute atomic E-state index is 5.35. The lowest BCUT2D eigenvalue weighted by atomic mass is 10.1. The summed E-state index contributed by atoms with van der Waals surface area (Å²) in [7, 11) is 0. The van der Waals surface area contributed by atoms with Crippen molar-refractivity contribution < 1.29 is 4.74 Å². The summed E-state index contributed by atoms with van der Waals surface area (Å²) >= 11 is 0. The Bertz CT molecular complexity index is 60.1. The highest BCUT2D eigenvalue weighted by Crippen LogP contribution is 2.06. The van der Waals surface area contributed by atoms with Gasteiger partial charge < -0.3 is 4.74 Å². The quantitative estimate of drug-likeness (QED) is 0.634. The van der Waals surface area contributed by atoms with E-state index in [0.29, 0.717) is 6.10 Å². The van der Waals surface area contributed by atoms with E-state index in [4.69, 9.17) is 4.74 Å². The van der Waals surface area contributed by atoms with Gasteiger partial charge in [-0.15, -0.1) is 0 Å². The molecular formula is C12H30O. The second-order valence-corrected chi connectivity index (χ2v) is 2.90. The van der Waals surface area contributed by atoms with Crippen molar-refractivity contribution in [3.63, 3.8) is 0 Å². The molecule has 0 saturated carbocycles. The number of rotatable bonds is 4. The molecule has 0 aromatic heterocycles. The summed E-state index contributed by atoms with van der Waals surface area (Å²) in [5.41, 5.74) is 0. The Hall–Kier alpha value is -0.0400. The third-order valence-corrected chi connectivity index (χ3v) is 1.25. The van der Waals surface area contributed by atoms with E-state index in [9.17, 15) is 0 Å². The number of ether oxygens (including phenoxy) is 1. The van der Waals surface area contributed by atoms with Gasteiger partial charge in [0, 0.05) is 6.61 Å². The van der Waals surface area contributed by atoms with Crippen molar-refractivity contribution in [3.05, 3.63) is 0 Å². The van der Waals surface area contributed by atoms with Crippen molar-refractivity contribution in [1.82, 2.24) is 0 Å². The molecule has 0 aliphatic carbocycles. The molecule has 0 fully saturated rings. The highest BCUT2D eigenvalue weighted by molar-refractivity contribution is 4.52. The topological polar surface area (TPSA) is 9.23 Å². The van der Waals surface area contributed by atoms with Gasteiger partial charge in [0.1, 0.15) is 0 Å². The van der Waals surface area contributed by atoms with Crippen LogP contribution < -0.4 is 0 Å². The smallest absolute Gasteiger partial charge is 0.0549 e. The second-order valence-electron chi connectivity index (χ2n) is 2.90. The zero-order chi connectivity index (χ0) is 11.3. The molecule has 0 aromatic rings. The van der Waals surface area contributed by atoms with E-state index in [1.807, 2.05) is 34.6 Å². The molecule has 0 aromatic carbocycles. The molecule has 84 valence electrons. The van der Waals surface area contributed by atoms with Crippen LogP contribution in [0.3, 0.4) is 0 Å². The SMILES string of the molecule is CC.CC.CCOC(C)CC(C)C. The molecule has 1 unspecified atom stereocenters. The van der Waals surface area contributed by atoms with Gasteiger partial charge in [0.25, 0.3) is 0 Å². The van der Waals surface area contributed by atoms with Crippen molar-refractivity contribution in [2.24, 2.45) is 5.92 Å². The van der Waals surface area contributed by atoms with Crippen molar-refractivity contribution in [2.75, 3.05) is 6.61 Å². The van der Waals surface area contributed by atoms with Gasteiger partial charge in [0.05, 0.1) is 6.10 Å². The molecule has 0 bridgehead atoms. The fourth-order valence-corrected chi connectivity index (χ4v) is 1.02. The van der Waals surface area contributed by atoms with Gasteiger partial charge in [-0.3, -0.25) is 0 Å². The van der Waals surface area contributed by atoms with Crippen molar-refractivity contribution in [1.29, 1.82) is 0 Å². The lowest BCUT2D eigenvalue weighted by Crippen LogP contribution is -2.10. The third-order valence-electron chi connectivity index (χ3n) is 1.25. The van der Waals surface area contributed by atoms with E-state index in [-0.39, 0.29) is 0 Å². The lowest BCUT2D eigenvalue weighted by Gasteiger charge is -2.12. The molecular weight excluding hydrogens is 160 g/mol. The van der Waals surface area contributed by atoms with E-state index in [1.54, 1.807) is 0 Å². The molecule has 0 saturated heterocycles. The Morgan fingerprint density at radius 1 is 0.923 bits per heavy atom. The monoisotopic (exact) mass is 190 g/mol. The Kier molecular flexibility index (Phi) is 25.7. The summed E-state index contributed by atoms with van der Waals surface area (Å²) in [4.78, 5) is 0. The summed E-state index contributed by atoms with van der Waals surface area (Å²) < 4.78 is 5.35. The van der Waals surface area contributed by atoms with Crippen LogP contribution in [-0.4, -0.2) is 12.7 Å². The van der Waals surface area contributed by atoms with Crippen LogP contribution in [0.15, 0.2) is 0 Å². The molecule has 0 N–H and O–H groups in total. The van der Waals surface area contributed by atoms with Gasteiger partial charge in [-0.25, -0.2) is 0 Å². The standard InChI is InChI=1S/C8H18O.2C2H6/c1-5-9-8(4)6-7(2)3;2*1-2/h7-8H,5-6H2,1-4H3;2*1-2H3. The van der Waals surface area contributed by atoms with Gasteiger partial charge in [-0.05, 0) is 26.2 Å². The number of hydrogen-bond acceptors (Lipinski definition) is 1. The molecule has 0 rings (SSSR count). The molecule has 0 aliphatic heterocycles. The molecule has 0 spiro atoms. The predicted molar refractivity (Wildman–Crippen MR) is 63.2 cm³/mol. The first-order valence-corrected chi connectivity index (χ1v) is 5.78. The highest BCUT2D eigenvalue weighted by Gasteiger charge is 2.02. The maximum Gasteiger partial charge on any atom is 0.0549 e. The molecule has 1 nitrogen and oxygen atoms in total. The van der Waals surface area contributed by atoms with Crippen LogP contribution in [0.2, 0.25) is 0 Å². The molecule has 1 heteroatoms. The maximum atomic E-state index is 5.35. The Labute approximate surface area is 85.9 Å². The molecule has 0 heterocycles. The first-order valence-electron chi connectivity index (χ1n) is 5.78. The molecule has 0 radical (unpaired) electrons. The van der Waals surface area contributed by atoms with E-state index in [0.717, 1.165) is 12.5 Å². The van der Waals surface area contributed by atoms with E-state index < -0.39 is 0 Å². The third kappa shape index (κ3) is 24.5. The molecule has 1 atom stereocenters. The molecule has 13 heavy (non-hydrogen) atoms. The van der Waals surface area contributed by atoms with Gasteiger partial charge in [-0.1, -0.05) is 41.5 Å². The van der Waals surface area contributed by atoms with Crippen molar-refractivity contribution in [3.8, 4) is 0 Å². The van der Waals surface area contributed by atoms with Gasteiger partial charge in [0.2, 0.25) is 0 Å². The van der Waals surface area contributed by atoms with Crippen LogP contribution in [0.25, 0.3) is 0 Å². The average Bonchev–Trinajstić information content (AvgIpc) is 2.10. The second kappa shape index (κ2) is 17.9. The van der Waals surface area contributed by atoms with Crippen molar-refractivity contribution in [2.45, 2.75) is 67.9 Å². The largest absolute Gasteiger partial charge is 0.379 e. The number of hydrogen-bond donors (Lipinski definition) is 0. The zero-order valence-electron chi connectivity index (χ0n) is 11.0. The first kappa shape index (κ1) is 18.7. The minimum absolute atomic E-state index is 0.440. The van der Waals surface area contributed by atoms with Crippen LogP contribution in [-0.2, 0) is 4.74 Å². The zero-order valence-corrected chi connectivity index (χ0v) is 11.0. The van der Waals surface area contributed by atoms with Crippen LogP contribution in [0.1, 0.15) is 61.8 Å². The van der Waals surface area contributed by atoms with Gasteiger partial charge >= 0.3 is 0 Å². The Morgan fingerprint density at radius 2 is 1.31 bits per heavy atom. The summed E-state index contributed by atoms with van der Waals surface area (Å²) in [5, 5.41) is 0. The van der Waals surface area contributed by atoms with E-state index in [1.165, 1.54) is 6.42 Å². The first-order chi connectivity index (χ1) is 6.16. The lowest BCUT2D eigenvalue weighted by molar-refractivity contribution is 0.0615. The van der Waals surface area contributed by atoms with E-state index >= 15 is 0 Å². The molecule has 0 aliphatic rings. The normalized spacial score (nSPS) is 10.8. The van der Waals surface area contributed by atoms with Gasteiger partial charge in [-0.2, -0.15) is 0 Å². The predicted octanol–water partition coefficient (Wildman–Crippen LogP) is 4.51. The Morgan fingerprint density at radius 3 is 1.54 bits per heavy atom. The fraction of sp³-hybridized carbons (Fsp3) is 1.00. The van der Waals surface area contributed by atoms with Crippen LogP contribution >= 0.6 is 0 Å². The minimum Gasteiger partial charge on any atom is -0.379 e. The highest BCUT2D eigenvalue weighted by atomic mass is 16.5. The van der Waals surface area contributed by atoms with Crippen LogP contribution in [0.4, 0.5) is 0 Å². The minimum atomic E-state index is 0.440. The van der Waals surface area contributed by atoms with Gasteiger partial charge in [0.15, 0.2) is 0 Å². The Balaban J connectivity index is -0.000000218. The van der Waals surface area contributed by atoms with Crippen molar-refractivity contribution >= 4 is 0 Å².